The number of amides is 1. The minimum absolute atomic E-state index is 0.130. The van der Waals surface area contributed by atoms with Crippen molar-refractivity contribution in [3.63, 3.8) is 0 Å². The average Bonchev–Trinajstić information content (AvgIpc) is 3.12. The van der Waals surface area contributed by atoms with Crippen molar-refractivity contribution in [3.05, 3.63) is 46.8 Å². The van der Waals surface area contributed by atoms with Gasteiger partial charge in [-0.3, -0.25) is 9.89 Å². The van der Waals surface area contributed by atoms with Gasteiger partial charge in [-0.1, -0.05) is 12.1 Å². The fourth-order valence-corrected chi connectivity index (χ4v) is 3.07. The minimum atomic E-state index is -0.497. The van der Waals surface area contributed by atoms with Gasteiger partial charge in [-0.05, 0) is 24.6 Å². The molecule has 0 bridgehead atoms. The van der Waals surface area contributed by atoms with Crippen molar-refractivity contribution >= 4 is 5.91 Å². The van der Waals surface area contributed by atoms with Crippen LogP contribution in [0, 0.1) is 6.92 Å². The van der Waals surface area contributed by atoms with E-state index in [2.05, 4.69) is 10.2 Å². The second-order valence-corrected chi connectivity index (χ2v) is 5.65. The molecule has 2 heterocycles. The molecule has 24 heavy (non-hydrogen) atoms. The van der Waals surface area contributed by atoms with Gasteiger partial charge >= 0.3 is 0 Å². The van der Waals surface area contributed by atoms with Gasteiger partial charge in [0.15, 0.2) is 12.0 Å². The maximum atomic E-state index is 12.8. The predicted molar refractivity (Wildman–Crippen MR) is 87.0 cm³/mol. The Balaban J connectivity index is 2.02. The van der Waals surface area contributed by atoms with Crippen LogP contribution in [0.25, 0.3) is 0 Å². The van der Waals surface area contributed by atoms with Crippen molar-refractivity contribution in [2.75, 3.05) is 27.9 Å². The molecule has 0 saturated carbocycles. The molecular formula is C17H21N3O4. The Kier molecular flexibility index (Phi) is 4.55. The topological polar surface area (TPSA) is 76.7 Å². The molecule has 1 N–H and O–H groups in total. The van der Waals surface area contributed by atoms with E-state index in [-0.39, 0.29) is 11.9 Å². The van der Waals surface area contributed by atoms with Crippen LogP contribution in [0.2, 0.25) is 0 Å². The third-order valence-electron chi connectivity index (χ3n) is 4.35. The molecule has 0 radical (unpaired) electrons. The van der Waals surface area contributed by atoms with Crippen LogP contribution in [-0.2, 0) is 9.47 Å². The number of hydrogen-bond donors (Lipinski definition) is 1. The van der Waals surface area contributed by atoms with E-state index in [0.29, 0.717) is 12.2 Å². The average molecular weight is 331 g/mol. The van der Waals surface area contributed by atoms with Gasteiger partial charge in [0.05, 0.1) is 19.7 Å². The SMILES string of the molecule is COc1ccc([C@H]2c3c(n[nH]c3C)C(=O)N2CC(OC)OC)cc1. The van der Waals surface area contributed by atoms with E-state index < -0.39 is 6.29 Å². The zero-order chi connectivity index (χ0) is 17.3. The second-order valence-electron chi connectivity index (χ2n) is 5.65. The lowest BCUT2D eigenvalue weighted by molar-refractivity contribution is -0.113. The quantitative estimate of drug-likeness (QED) is 0.818. The van der Waals surface area contributed by atoms with E-state index in [9.17, 15) is 4.79 Å². The highest BCUT2D eigenvalue weighted by molar-refractivity contribution is 5.98. The van der Waals surface area contributed by atoms with Gasteiger partial charge in [0.25, 0.3) is 5.91 Å². The standard InChI is InChI=1S/C17H21N3O4/c1-10-14-15(19-18-10)17(21)20(9-13(23-3)24-4)16(14)11-5-7-12(22-2)8-6-11/h5-8,13,16H,9H2,1-4H3,(H,18,19)/t16-/m0/s1. The molecule has 0 spiro atoms. The molecule has 7 nitrogen and oxygen atoms in total. The number of aromatic nitrogens is 2. The highest BCUT2D eigenvalue weighted by Crippen LogP contribution is 2.39. The summed E-state index contributed by atoms with van der Waals surface area (Å²) in [6.45, 7) is 2.24. The molecule has 1 amide bonds. The molecule has 2 aromatic rings. The first kappa shape index (κ1) is 16.5. The summed E-state index contributed by atoms with van der Waals surface area (Å²) in [5.41, 5.74) is 3.22. The molecule has 1 atom stereocenters. The predicted octanol–water partition coefficient (Wildman–Crippen LogP) is 1.89. The number of rotatable bonds is 6. The van der Waals surface area contributed by atoms with Crippen molar-refractivity contribution in [2.24, 2.45) is 0 Å². The van der Waals surface area contributed by atoms with Crippen molar-refractivity contribution in [2.45, 2.75) is 19.3 Å². The first-order valence-corrected chi connectivity index (χ1v) is 7.66. The Morgan fingerprint density at radius 2 is 1.88 bits per heavy atom. The summed E-state index contributed by atoms with van der Waals surface area (Å²) in [5, 5.41) is 7.08. The summed E-state index contributed by atoms with van der Waals surface area (Å²) < 4.78 is 15.8. The van der Waals surface area contributed by atoms with Crippen molar-refractivity contribution in [1.29, 1.82) is 0 Å². The Morgan fingerprint density at radius 1 is 1.21 bits per heavy atom. The number of carbonyl (C=O) groups excluding carboxylic acids is 1. The summed E-state index contributed by atoms with van der Waals surface area (Å²) in [6, 6.07) is 7.45. The van der Waals surface area contributed by atoms with E-state index in [1.807, 2.05) is 31.2 Å². The lowest BCUT2D eigenvalue weighted by Crippen LogP contribution is -2.38. The van der Waals surface area contributed by atoms with Crippen LogP contribution in [0.4, 0.5) is 0 Å². The molecule has 1 aliphatic rings. The maximum absolute atomic E-state index is 12.8. The molecular weight excluding hydrogens is 310 g/mol. The molecule has 0 fully saturated rings. The van der Waals surface area contributed by atoms with Crippen molar-refractivity contribution in [3.8, 4) is 5.75 Å². The first-order chi connectivity index (χ1) is 11.6. The Morgan fingerprint density at radius 3 is 2.46 bits per heavy atom. The Bertz CT molecular complexity index is 722. The third kappa shape index (κ3) is 2.65. The fourth-order valence-electron chi connectivity index (χ4n) is 3.07. The molecule has 0 saturated heterocycles. The van der Waals surface area contributed by atoms with Crippen LogP contribution in [0.15, 0.2) is 24.3 Å². The van der Waals surface area contributed by atoms with Gasteiger partial charge in [-0.15, -0.1) is 0 Å². The van der Waals surface area contributed by atoms with Gasteiger partial charge in [-0.25, -0.2) is 0 Å². The zero-order valence-electron chi connectivity index (χ0n) is 14.2. The van der Waals surface area contributed by atoms with Gasteiger partial charge < -0.3 is 19.1 Å². The van der Waals surface area contributed by atoms with Crippen LogP contribution in [-0.4, -0.2) is 55.2 Å². The number of methoxy groups -OCH3 is 3. The van der Waals surface area contributed by atoms with Crippen LogP contribution in [0.5, 0.6) is 5.75 Å². The van der Waals surface area contributed by atoms with Crippen LogP contribution < -0.4 is 4.74 Å². The van der Waals surface area contributed by atoms with E-state index in [1.165, 1.54) is 0 Å². The van der Waals surface area contributed by atoms with E-state index >= 15 is 0 Å². The van der Waals surface area contributed by atoms with Gasteiger partial charge in [0, 0.05) is 25.5 Å². The molecule has 1 aliphatic heterocycles. The number of ether oxygens (including phenoxy) is 3. The second kappa shape index (κ2) is 6.62. The van der Waals surface area contributed by atoms with Gasteiger partial charge in [0.2, 0.25) is 0 Å². The monoisotopic (exact) mass is 331 g/mol. The molecule has 3 rings (SSSR count). The summed E-state index contributed by atoms with van der Waals surface area (Å²) in [7, 11) is 4.74. The number of benzene rings is 1. The smallest absolute Gasteiger partial charge is 0.275 e. The summed E-state index contributed by atoms with van der Waals surface area (Å²) in [5.74, 6) is 0.639. The number of aryl methyl sites for hydroxylation is 1. The number of H-pyrrole nitrogens is 1. The normalized spacial score (nSPS) is 16.8. The number of nitrogens with zero attached hydrogens (tertiary/aromatic N) is 2. The number of hydrogen-bond acceptors (Lipinski definition) is 5. The third-order valence-corrected chi connectivity index (χ3v) is 4.35. The van der Waals surface area contributed by atoms with Crippen LogP contribution in [0.3, 0.4) is 0 Å². The lowest BCUT2D eigenvalue weighted by Gasteiger charge is -2.29. The van der Waals surface area contributed by atoms with Crippen LogP contribution >= 0.6 is 0 Å². The van der Waals surface area contributed by atoms with Crippen LogP contribution in [0.1, 0.15) is 33.4 Å². The van der Waals surface area contributed by atoms with Crippen molar-refractivity contribution in [1.82, 2.24) is 15.1 Å². The largest absolute Gasteiger partial charge is 0.497 e. The maximum Gasteiger partial charge on any atom is 0.275 e. The van der Waals surface area contributed by atoms with E-state index in [0.717, 1.165) is 22.6 Å². The Labute approximate surface area is 140 Å². The summed E-state index contributed by atoms with van der Waals surface area (Å²) in [6.07, 6.45) is -0.497. The Hall–Kier alpha value is -2.38. The molecule has 0 aliphatic carbocycles. The number of aromatic amines is 1. The molecule has 128 valence electrons. The van der Waals surface area contributed by atoms with E-state index in [4.69, 9.17) is 14.2 Å². The van der Waals surface area contributed by atoms with Gasteiger partial charge in [0.1, 0.15) is 5.75 Å². The highest BCUT2D eigenvalue weighted by atomic mass is 16.7. The minimum Gasteiger partial charge on any atom is -0.497 e. The molecule has 1 aromatic heterocycles. The van der Waals surface area contributed by atoms with E-state index in [1.54, 1.807) is 26.2 Å². The number of carbonyl (C=O) groups is 1. The fraction of sp³-hybridized carbons (Fsp3) is 0.412. The molecule has 0 unspecified atom stereocenters. The molecule has 7 heteroatoms. The van der Waals surface area contributed by atoms with Gasteiger partial charge in [-0.2, -0.15) is 5.10 Å². The summed E-state index contributed by atoms with van der Waals surface area (Å²) >= 11 is 0. The number of nitrogens with one attached hydrogen (secondary N) is 1. The van der Waals surface area contributed by atoms with Crippen molar-refractivity contribution < 1.29 is 19.0 Å². The molecule has 1 aromatic carbocycles. The highest BCUT2D eigenvalue weighted by Gasteiger charge is 2.42. The summed E-state index contributed by atoms with van der Waals surface area (Å²) in [4.78, 5) is 14.5. The first-order valence-electron chi connectivity index (χ1n) is 7.66. The lowest BCUT2D eigenvalue weighted by atomic mass is 9.99. The number of fused-ring (bicyclic) bond motifs is 1. The zero-order valence-corrected chi connectivity index (χ0v) is 14.2.